The number of rotatable bonds is 11. The lowest BCUT2D eigenvalue weighted by atomic mass is 10.0. The summed E-state index contributed by atoms with van der Waals surface area (Å²) < 4.78 is 15.9. The zero-order chi connectivity index (χ0) is 24.7. The van der Waals surface area contributed by atoms with Crippen LogP contribution in [0.2, 0.25) is 0 Å². The first-order valence-corrected chi connectivity index (χ1v) is 11.0. The SMILES string of the molecule is CC(C)(CC(=O)NCCn1ccc(=O)[nH]c1=O)n1cc(CCC(O)Cc2ccc(F)cc2)nn1. The van der Waals surface area contributed by atoms with Crippen molar-refractivity contribution in [1.29, 1.82) is 0 Å². The standard InChI is InChI=1S/C23H29FN6O4/c1-23(2,14-21(33)25-10-12-29-11-9-20(32)26-22(29)34)30-15-18(27-28-30)7-8-19(31)13-16-3-5-17(24)6-4-16/h3-6,9,11,15,19,31H,7-8,10,12-14H2,1-2H3,(H,25,33)(H,26,32,34). The zero-order valence-corrected chi connectivity index (χ0v) is 19.2. The molecule has 0 aliphatic heterocycles. The van der Waals surface area contributed by atoms with Crippen molar-refractivity contribution < 1.29 is 14.3 Å². The Morgan fingerprint density at radius 2 is 1.97 bits per heavy atom. The molecule has 1 aromatic carbocycles. The van der Waals surface area contributed by atoms with Crippen LogP contribution >= 0.6 is 0 Å². The Morgan fingerprint density at radius 3 is 2.68 bits per heavy atom. The monoisotopic (exact) mass is 472 g/mol. The first-order chi connectivity index (χ1) is 16.1. The van der Waals surface area contributed by atoms with Gasteiger partial charge in [-0.3, -0.25) is 19.1 Å². The molecule has 0 bridgehead atoms. The van der Waals surface area contributed by atoms with E-state index in [1.165, 1.54) is 29.0 Å². The molecule has 3 N–H and O–H groups in total. The lowest BCUT2D eigenvalue weighted by molar-refractivity contribution is -0.122. The summed E-state index contributed by atoms with van der Waals surface area (Å²) in [5.74, 6) is -0.523. The predicted molar refractivity (Wildman–Crippen MR) is 123 cm³/mol. The molecule has 0 aliphatic rings. The van der Waals surface area contributed by atoms with Gasteiger partial charge in [-0.15, -0.1) is 5.10 Å². The first-order valence-electron chi connectivity index (χ1n) is 11.0. The second-order valence-electron chi connectivity index (χ2n) is 8.82. The van der Waals surface area contributed by atoms with Crippen molar-refractivity contribution in [2.75, 3.05) is 6.54 Å². The molecule has 1 unspecified atom stereocenters. The van der Waals surface area contributed by atoms with Gasteiger partial charge in [-0.05, 0) is 50.8 Å². The number of aryl methyl sites for hydroxylation is 1. The van der Waals surface area contributed by atoms with Crippen molar-refractivity contribution in [3.63, 3.8) is 0 Å². The minimum Gasteiger partial charge on any atom is -0.393 e. The van der Waals surface area contributed by atoms with Crippen LogP contribution in [0.1, 0.15) is 37.9 Å². The van der Waals surface area contributed by atoms with Crippen LogP contribution in [-0.2, 0) is 29.7 Å². The molecule has 0 fully saturated rings. The van der Waals surface area contributed by atoms with E-state index >= 15 is 0 Å². The van der Waals surface area contributed by atoms with Crippen molar-refractivity contribution in [3.05, 3.63) is 80.6 Å². The van der Waals surface area contributed by atoms with E-state index < -0.39 is 22.9 Å². The summed E-state index contributed by atoms with van der Waals surface area (Å²) in [7, 11) is 0. The molecular weight excluding hydrogens is 443 g/mol. The van der Waals surface area contributed by atoms with Gasteiger partial charge in [0.05, 0.1) is 23.8 Å². The maximum absolute atomic E-state index is 13.0. The topological polar surface area (TPSA) is 135 Å². The molecule has 1 amide bonds. The number of halogens is 1. The molecule has 2 aromatic heterocycles. The molecule has 0 saturated carbocycles. The van der Waals surface area contributed by atoms with E-state index in [9.17, 15) is 23.9 Å². The summed E-state index contributed by atoms with van der Waals surface area (Å²) in [5.41, 5.74) is -0.0856. The van der Waals surface area contributed by atoms with Crippen molar-refractivity contribution in [1.82, 2.24) is 29.9 Å². The molecule has 0 radical (unpaired) electrons. The average Bonchev–Trinajstić information content (AvgIpc) is 3.25. The van der Waals surface area contributed by atoms with E-state index in [0.29, 0.717) is 25.0 Å². The highest BCUT2D eigenvalue weighted by Crippen LogP contribution is 2.19. The predicted octanol–water partition coefficient (Wildman–Crippen LogP) is 0.745. The Balaban J connectivity index is 1.46. The van der Waals surface area contributed by atoms with Gasteiger partial charge in [-0.1, -0.05) is 17.3 Å². The Morgan fingerprint density at radius 1 is 1.24 bits per heavy atom. The average molecular weight is 473 g/mol. The number of carbonyl (C=O) groups is 1. The fraction of sp³-hybridized carbons (Fsp3) is 0.435. The van der Waals surface area contributed by atoms with Crippen LogP contribution in [0.5, 0.6) is 0 Å². The molecule has 182 valence electrons. The van der Waals surface area contributed by atoms with Crippen molar-refractivity contribution in [2.45, 2.75) is 57.7 Å². The van der Waals surface area contributed by atoms with Crippen LogP contribution in [0, 0.1) is 5.82 Å². The molecule has 10 nitrogen and oxygen atoms in total. The van der Waals surface area contributed by atoms with Crippen molar-refractivity contribution in [2.24, 2.45) is 0 Å². The molecule has 3 aromatic rings. The summed E-state index contributed by atoms with van der Waals surface area (Å²) in [6.45, 7) is 4.19. The smallest absolute Gasteiger partial charge is 0.328 e. The second kappa shape index (κ2) is 11.0. The number of aromatic amines is 1. The highest BCUT2D eigenvalue weighted by Gasteiger charge is 2.25. The molecule has 0 saturated heterocycles. The second-order valence-corrected chi connectivity index (χ2v) is 8.82. The zero-order valence-electron chi connectivity index (χ0n) is 19.2. The quantitative estimate of drug-likeness (QED) is 0.377. The maximum Gasteiger partial charge on any atom is 0.328 e. The summed E-state index contributed by atoms with van der Waals surface area (Å²) in [6.07, 6.45) is 4.10. The van der Waals surface area contributed by atoms with Crippen LogP contribution in [-0.4, -0.2) is 48.2 Å². The van der Waals surface area contributed by atoms with Gasteiger partial charge >= 0.3 is 5.69 Å². The van der Waals surface area contributed by atoms with Gasteiger partial charge < -0.3 is 10.4 Å². The molecule has 34 heavy (non-hydrogen) atoms. The van der Waals surface area contributed by atoms with E-state index in [1.807, 2.05) is 13.8 Å². The minimum atomic E-state index is -0.642. The minimum absolute atomic E-state index is 0.142. The van der Waals surface area contributed by atoms with Crippen LogP contribution in [0.3, 0.4) is 0 Å². The Hall–Kier alpha value is -3.60. The van der Waals surface area contributed by atoms with Gasteiger partial charge in [0.1, 0.15) is 5.82 Å². The molecule has 2 heterocycles. The van der Waals surface area contributed by atoms with Gasteiger partial charge in [-0.2, -0.15) is 0 Å². The van der Waals surface area contributed by atoms with Crippen molar-refractivity contribution in [3.8, 4) is 0 Å². The van der Waals surface area contributed by atoms with Crippen LogP contribution in [0.25, 0.3) is 0 Å². The van der Waals surface area contributed by atoms with Gasteiger partial charge in [0.2, 0.25) is 5.91 Å². The summed E-state index contributed by atoms with van der Waals surface area (Å²) in [6, 6.07) is 7.30. The van der Waals surface area contributed by atoms with Gasteiger partial charge in [-0.25, -0.2) is 13.9 Å². The van der Waals surface area contributed by atoms with Crippen LogP contribution in [0.15, 0.2) is 52.3 Å². The maximum atomic E-state index is 13.0. The fourth-order valence-electron chi connectivity index (χ4n) is 3.49. The van der Waals surface area contributed by atoms with Crippen molar-refractivity contribution >= 4 is 5.91 Å². The van der Waals surface area contributed by atoms with E-state index in [1.54, 1.807) is 23.0 Å². The van der Waals surface area contributed by atoms with Gasteiger partial charge in [0.25, 0.3) is 5.56 Å². The largest absolute Gasteiger partial charge is 0.393 e. The molecule has 0 spiro atoms. The third-order valence-electron chi connectivity index (χ3n) is 5.44. The Kier molecular flexibility index (Phi) is 8.11. The van der Waals surface area contributed by atoms with E-state index in [2.05, 4.69) is 20.6 Å². The number of hydrogen-bond acceptors (Lipinski definition) is 6. The summed E-state index contributed by atoms with van der Waals surface area (Å²) in [5, 5.41) is 21.3. The third kappa shape index (κ3) is 7.20. The number of carbonyl (C=O) groups excluding carboxylic acids is 1. The Bertz CT molecular complexity index is 1210. The molecule has 1 atom stereocenters. The molecule has 11 heteroatoms. The molecular formula is C23H29FN6O4. The van der Waals surface area contributed by atoms with Gasteiger partial charge in [0, 0.05) is 31.5 Å². The number of benzene rings is 1. The number of nitrogens with one attached hydrogen (secondary N) is 2. The van der Waals surface area contributed by atoms with Crippen LogP contribution in [0.4, 0.5) is 4.39 Å². The number of nitrogens with zero attached hydrogens (tertiary/aromatic N) is 4. The van der Waals surface area contributed by atoms with Gasteiger partial charge in [0.15, 0.2) is 0 Å². The fourth-order valence-corrected chi connectivity index (χ4v) is 3.49. The molecule has 0 aliphatic carbocycles. The van der Waals surface area contributed by atoms with E-state index in [-0.39, 0.29) is 31.2 Å². The number of amides is 1. The third-order valence-corrected chi connectivity index (χ3v) is 5.44. The molecule has 3 rings (SSSR count). The summed E-state index contributed by atoms with van der Waals surface area (Å²) >= 11 is 0. The Labute approximate surface area is 195 Å². The lowest BCUT2D eigenvalue weighted by Crippen LogP contribution is -2.38. The number of aliphatic hydroxyl groups is 1. The highest BCUT2D eigenvalue weighted by molar-refractivity contribution is 5.76. The number of H-pyrrole nitrogens is 1. The highest BCUT2D eigenvalue weighted by atomic mass is 19.1. The number of aliphatic hydroxyl groups excluding tert-OH is 1. The summed E-state index contributed by atoms with van der Waals surface area (Å²) in [4.78, 5) is 37.3. The van der Waals surface area contributed by atoms with E-state index in [4.69, 9.17) is 0 Å². The number of hydrogen-bond donors (Lipinski definition) is 3. The normalized spacial score (nSPS) is 12.5. The van der Waals surface area contributed by atoms with E-state index in [0.717, 1.165) is 5.56 Å². The lowest BCUT2D eigenvalue weighted by Gasteiger charge is -2.24. The van der Waals surface area contributed by atoms with Crippen LogP contribution < -0.4 is 16.6 Å². The first kappa shape index (κ1) is 25.0. The number of aromatic nitrogens is 5.